The molecule has 0 heterocycles. The first kappa shape index (κ1) is 14.4. The fourth-order valence-corrected chi connectivity index (χ4v) is 1.44. The van der Waals surface area contributed by atoms with E-state index in [0.717, 1.165) is 0 Å². The van der Waals surface area contributed by atoms with E-state index in [1.54, 1.807) is 0 Å². The third-order valence-corrected chi connectivity index (χ3v) is 2.44. The fraction of sp³-hybridized carbons (Fsp3) is 0.778. The third-order valence-electron chi connectivity index (χ3n) is 1.88. The number of rotatable bonds is 6. The molecule has 0 aromatic heterocycles. The Morgan fingerprint density at radius 3 is 2.20 bits per heavy atom. The van der Waals surface area contributed by atoms with Crippen molar-refractivity contribution in [1.29, 1.82) is 0 Å². The van der Waals surface area contributed by atoms with Crippen molar-refractivity contribution in [2.75, 3.05) is 0 Å². The molecule has 0 spiro atoms. The van der Waals surface area contributed by atoms with Crippen LogP contribution in [0.1, 0.15) is 27.2 Å². The molecule has 0 aliphatic heterocycles. The Labute approximate surface area is 98.0 Å². The average molecular weight is 281 g/mol. The van der Waals surface area contributed by atoms with Gasteiger partial charge in [0.2, 0.25) is 5.91 Å². The van der Waals surface area contributed by atoms with Crippen LogP contribution in [0.5, 0.6) is 0 Å². The molecule has 15 heavy (non-hydrogen) atoms. The van der Waals surface area contributed by atoms with E-state index >= 15 is 0 Å². The molecule has 0 unspecified atom stereocenters. The van der Waals surface area contributed by atoms with Crippen LogP contribution in [0.4, 0.5) is 0 Å². The largest absolute Gasteiger partial charge is 0.480 e. The summed E-state index contributed by atoms with van der Waals surface area (Å²) in [5, 5.41) is 11.0. The molecule has 0 saturated carbocycles. The first-order valence-electron chi connectivity index (χ1n) is 4.77. The summed E-state index contributed by atoms with van der Waals surface area (Å²) in [4.78, 5) is 22.1. The highest BCUT2D eigenvalue weighted by atomic mass is 79.9. The normalized spacial score (nSPS) is 14.7. The highest BCUT2D eigenvalue weighted by Gasteiger charge is 2.22. The van der Waals surface area contributed by atoms with Gasteiger partial charge in [0, 0.05) is 16.1 Å². The van der Waals surface area contributed by atoms with E-state index in [-0.39, 0.29) is 5.91 Å². The van der Waals surface area contributed by atoms with Crippen LogP contribution in [0, 0.1) is 5.92 Å². The van der Waals surface area contributed by atoms with E-state index < -0.39 is 18.1 Å². The van der Waals surface area contributed by atoms with Crippen LogP contribution in [0.15, 0.2) is 0 Å². The van der Waals surface area contributed by atoms with Crippen molar-refractivity contribution < 1.29 is 14.7 Å². The summed E-state index contributed by atoms with van der Waals surface area (Å²) in [5.74, 6) is -0.998. The van der Waals surface area contributed by atoms with Gasteiger partial charge in [-0.3, -0.25) is 9.59 Å². The molecule has 0 aliphatic rings. The van der Waals surface area contributed by atoms with Crippen molar-refractivity contribution in [3.8, 4) is 0 Å². The number of aliphatic carboxylic acids is 1. The summed E-state index contributed by atoms with van der Waals surface area (Å²) in [6, 6.07) is -1.28. The van der Waals surface area contributed by atoms with E-state index in [2.05, 4.69) is 25.8 Å². The molecule has 5 nitrogen and oxygen atoms in total. The summed E-state index contributed by atoms with van der Waals surface area (Å²) in [7, 11) is 0. The van der Waals surface area contributed by atoms with Gasteiger partial charge in [-0.1, -0.05) is 13.8 Å². The summed E-state index contributed by atoms with van der Waals surface area (Å²) < 4.78 is 2.68. The molecule has 0 radical (unpaired) electrons. The quantitative estimate of drug-likeness (QED) is 0.632. The van der Waals surface area contributed by atoms with Crippen molar-refractivity contribution in [2.24, 2.45) is 5.92 Å². The SMILES string of the molecule is CC(C)C[C@H](NBr)C(=O)N[C@@H](C)C(=O)O. The molecule has 88 valence electrons. The average Bonchev–Trinajstić information content (AvgIpc) is 2.13. The zero-order valence-electron chi connectivity index (χ0n) is 9.08. The number of carboxylic acids is 1. The van der Waals surface area contributed by atoms with Gasteiger partial charge in [-0.2, -0.15) is 0 Å². The van der Waals surface area contributed by atoms with Crippen LogP contribution in [-0.4, -0.2) is 29.1 Å². The van der Waals surface area contributed by atoms with Crippen molar-refractivity contribution in [2.45, 2.75) is 39.3 Å². The predicted octanol–water partition coefficient (Wildman–Crippen LogP) is 0.890. The van der Waals surface area contributed by atoms with Crippen molar-refractivity contribution >= 4 is 28.0 Å². The van der Waals surface area contributed by atoms with E-state index in [9.17, 15) is 9.59 Å². The Hall–Kier alpha value is -0.620. The molecule has 3 N–H and O–H groups in total. The molecule has 1 amide bonds. The number of carbonyl (C=O) groups is 2. The van der Waals surface area contributed by atoms with Gasteiger partial charge in [-0.15, -0.1) is 0 Å². The fourth-order valence-electron chi connectivity index (χ4n) is 1.05. The van der Waals surface area contributed by atoms with Gasteiger partial charge in [0.25, 0.3) is 0 Å². The van der Waals surface area contributed by atoms with Gasteiger partial charge in [0.15, 0.2) is 0 Å². The second-order valence-corrected chi connectivity index (χ2v) is 4.32. The molecule has 0 fully saturated rings. The summed E-state index contributed by atoms with van der Waals surface area (Å²) in [6.07, 6.45) is 0.642. The highest BCUT2D eigenvalue weighted by molar-refractivity contribution is 9.08. The third kappa shape index (κ3) is 5.74. The summed E-state index contributed by atoms with van der Waals surface area (Å²) >= 11 is 3.01. The molecule has 0 aliphatic carbocycles. The van der Waals surface area contributed by atoms with Crippen LogP contribution in [-0.2, 0) is 9.59 Å². The van der Waals surface area contributed by atoms with Gasteiger partial charge in [-0.25, -0.2) is 4.34 Å². The predicted molar refractivity (Wildman–Crippen MR) is 60.5 cm³/mol. The molecule has 0 rings (SSSR count). The van der Waals surface area contributed by atoms with Gasteiger partial charge < -0.3 is 10.4 Å². The number of carboxylic acid groups (broad SMARTS) is 1. The first-order valence-corrected chi connectivity index (χ1v) is 5.57. The zero-order valence-corrected chi connectivity index (χ0v) is 10.7. The van der Waals surface area contributed by atoms with Crippen LogP contribution < -0.4 is 9.66 Å². The van der Waals surface area contributed by atoms with Gasteiger partial charge in [0.05, 0.1) is 6.04 Å². The van der Waals surface area contributed by atoms with E-state index in [1.807, 2.05) is 13.8 Å². The minimum absolute atomic E-state index is 0.310. The second kappa shape index (κ2) is 6.79. The molecular weight excluding hydrogens is 264 g/mol. The van der Waals surface area contributed by atoms with Crippen LogP contribution in [0.3, 0.4) is 0 Å². The lowest BCUT2D eigenvalue weighted by Crippen LogP contribution is -2.47. The molecule has 2 atom stereocenters. The maximum Gasteiger partial charge on any atom is 0.325 e. The number of nitrogens with one attached hydrogen (secondary N) is 2. The molecular formula is C9H17BrN2O3. The molecule has 0 bridgehead atoms. The number of hydrogen-bond acceptors (Lipinski definition) is 3. The van der Waals surface area contributed by atoms with Crippen LogP contribution in [0.2, 0.25) is 0 Å². The zero-order chi connectivity index (χ0) is 12.0. The van der Waals surface area contributed by atoms with Crippen LogP contribution >= 0.6 is 16.1 Å². The first-order chi connectivity index (χ1) is 6.88. The monoisotopic (exact) mass is 280 g/mol. The minimum Gasteiger partial charge on any atom is -0.480 e. The molecule has 0 aromatic carbocycles. The van der Waals surface area contributed by atoms with Crippen molar-refractivity contribution in [1.82, 2.24) is 9.66 Å². The molecule has 0 aromatic rings. The Morgan fingerprint density at radius 1 is 1.33 bits per heavy atom. The molecule has 6 heteroatoms. The minimum atomic E-state index is -1.04. The van der Waals surface area contributed by atoms with E-state index in [1.165, 1.54) is 6.92 Å². The van der Waals surface area contributed by atoms with E-state index in [4.69, 9.17) is 5.11 Å². The maximum absolute atomic E-state index is 11.6. The standard InChI is InChI=1S/C9H17BrN2O3/c1-5(2)4-7(12-10)8(13)11-6(3)9(14)15/h5-7,12H,4H2,1-3H3,(H,11,13)(H,14,15)/t6-,7-/m0/s1. The number of hydrogen-bond donors (Lipinski definition) is 3. The number of amides is 1. The highest BCUT2D eigenvalue weighted by Crippen LogP contribution is 2.06. The van der Waals surface area contributed by atoms with Crippen molar-refractivity contribution in [3.05, 3.63) is 0 Å². The maximum atomic E-state index is 11.6. The number of halogens is 1. The smallest absolute Gasteiger partial charge is 0.325 e. The summed E-state index contributed by atoms with van der Waals surface area (Å²) in [5.41, 5.74) is 0. The number of carbonyl (C=O) groups excluding carboxylic acids is 1. The lowest BCUT2D eigenvalue weighted by atomic mass is 10.0. The van der Waals surface area contributed by atoms with Crippen LogP contribution in [0.25, 0.3) is 0 Å². The Bertz CT molecular complexity index is 233. The summed E-state index contributed by atoms with van der Waals surface area (Å²) in [6.45, 7) is 5.41. The van der Waals surface area contributed by atoms with Crippen molar-refractivity contribution in [3.63, 3.8) is 0 Å². The Kier molecular flexibility index (Phi) is 6.51. The Balaban J connectivity index is 4.21. The topological polar surface area (TPSA) is 78.4 Å². The Morgan fingerprint density at radius 2 is 1.87 bits per heavy atom. The second-order valence-electron chi connectivity index (χ2n) is 3.86. The lowest BCUT2D eigenvalue weighted by molar-refractivity contribution is -0.141. The van der Waals surface area contributed by atoms with Gasteiger partial charge in [-0.05, 0) is 19.3 Å². The van der Waals surface area contributed by atoms with E-state index in [0.29, 0.717) is 12.3 Å². The molecule has 0 saturated heterocycles. The lowest BCUT2D eigenvalue weighted by Gasteiger charge is -2.18. The van der Waals surface area contributed by atoms with Gasteiger partial charge in [0.1, 0.15) is 6.04 Å². The van der Waals surface area contributed by atoms with Gasteiger partial charge >= 0.3 is 5.97 Å².